The molecule has 0 saturated heterocycles. The van der Waals surface area contributed by atoms with Crippen molar-refractivity contribution in [2.45, 2.75) is 13.1 Å². The van der Waals surface area contributed by atoms with Gasteiger partial charge in [-0.05, 0) is 23.8 Å². The van der Waals surface area contributed by atoms with Crippen molar-refractivity contribution in [2.75, 3.05) is 6.61 Å². The maximum atomic E-state index is 13.2. The van der Waals surface area contributed by atoms with Crippen molar-refractivity contribution in [1.29, 1.82) is 0 Å². The number of carbonyl (C=O) groups is 1. The van der Waals surface area contributed by atoms with E-state index in [0.717, 1.165) is 16.9 Å². The third kappa shape index (κ3) is 3.00. The molecule has 0 atom stereocenters. The highest BCUT2D eigenvalue weighted by Gasteiger charge is 2.21. The predicted octanol–water partition coefficient (Wildman–Crippen LogP) is 3.40. The van der Waals surface area contributed by atoms with Gasteiger partial charge in [0.05, 0.1) is 5.02 Å². The monoisotopic (exact) mass is 305 g/mol. The second kappa shape index (κ2) is 5.74. The third-order valence-corrected chi connectivity index (χ3v) is 3.68. The summed E-state index contributed by atoms with van der Waals surface area (Å²) in [6.07, 6.45) is 0. The van der Waals surface area contributed by atoms with Gasteiger partial charge in [0.15, 0.2) is 6.61 Å². The van der Waals surface area contributed by atoms with Crippen LogP contribution in [-0.4, -0.2) is 17.4 Å². The molecule has 1 aliphatic rings. The van der Waals surface area contributed by atoms with Gasteiger partial charge < -0.3 is 9.64 Å². The number of benzene rings is 2. The Morgan fingerprint density at radius 2 is 2.05 bits per heavy atom. The lowest BCUT2D eigenvalue weighted by Crippen LogP contribution is -2.31. The van der Waals surface area contributed by atoms with E-state index in [1.54, 1.807) is 17.0 Å². The van der Waals surface area contributed by atoms with E-state index in [9.17, 15) is 9.18 Å². The molecule has 0 fully saturated rings. The van der Waals surface area contributed by atoms with Crippen LogP contribution in [0.25, 0.3) is 0 Å². The Hall–Kier alpha value is -2.07. The summed E-state index contributed by atoms with van der Waals surface area (Å²) < 4.78 is 18.7. The number of carbonyl (C=O) groups excluding carboxylic acids is 1. The smallest absolute Gasteiger partial charge is 0.261 e. The molecular weight excluding hydrogens is 293 g/mol. The Labute approximate surface area is 126 Å². The highest BCUT2D eigenvalue weighted by atomic mass is 35.5. The van der Waals surface area contributed by atoms with Crippen LogP contribution in [0.2, 0.25) is 5.02 Å². The van der Waals surface area contributed by atoms with Gasteiger partial charge in [0.25, 0.3) is 5.91 Å². The number of nitrogens with zero attached hydrogens (tertiary/aromatic N) is 1. The molecule has 0 saturated carbocycles. The summed E-state index contributed by atoms with van der Waals surface area (Å²) in [5, 5.41) is 0.0615. The molecule has 5 heteroatoms. The van der Waals surface area contributed by atoms with Gasteiger partial charge in [0.2, 0.25) is 0 Å². The van der Waals surface area contributed by atoms with E-state index in [0.29, 0.717) is 13.1 Å². The number of hydrogen-bond acceptors (Lipinski definition) is 2. The van der Waals surface area contributed by atoms with Gasteiger partial charge in [0.1, 0.15) is 11.6 Å². The van der Waals surface area contributed by atoms with Crippen molar-refractivity contribution in [2.24, 2.45) is 0 Å². The molecule has 2 aromatic rings. The minimum atomic E-state index is -0.462. The van der Waals surface area contributed by atoms with Crippen LogP contribution < -0.4 is 4.74 Å². The van der Waals surface area contributed by atoms with E-state index in [1.807, 2.05) is 24.3 Å². The molecule has 0 radical (unpaired) electrons. The Balaban J connectivity index is 1.84. The minimum absolute atomic E-state index is 0.00589. The summed E-state index contributed by atoms with van der Waals surface area (Å²) in [5.41, 5.74) is 1.74. The van der Waals surface area contributed by atoms with Crippen molar-refractivity contribution in [3.63, 3.8) is 0 Å². The van der Waals surface area contributed by atoms with Crippen molar-refractivity contribution in [1.82, 2.24) is 4.90 Å². The number of rotatable bonds is 2. The van der Waals surface area contributed by atoms with E-state index < -0.39 is 5.82 Å². The first-order valence-corrected chi connectivity index (χ1v) is 6.93. The van der Waals surface area contributed by atoms with Crippen LogP contribution in [0.15, 0.2) is 42.5 Å². The molecule has 0 aromatic heterocycles. The highest BCUT2D eigenvalue weighted by molar-refractivity contribution is 6.30. The molecule has 0 spiro atoms. The van der Waals surface area contributed by atoms with Gasteiger partial charge in [-0.1, -0.05) is 35.9 Å². The molecule has 1 amide bonds. The van der Waals surface area contributed by atoms with Crippen LogP contribution >= 0.6 is 11.6 Å². The fraction of sp³-hybridized carbons (Fsp3) is 0.188. The summed E-state index contributed by atoms with van der Waals surface area (Å²) in [6, 6.07) is 12.0. The zero-order chi connectivity index (χ0) is 14.8. The lowest BCUT2D eigenvalue weighted by Gasteiger charge is -2.20. The Bertz CT molecular complexity index is 690. The average Bonchev–Trinajstić information content (AvgIpc) is 2.63. The van der Waals surface area contributed by atoms with Gasteiger partial charge in [-0.3, -0.25) is 4.79 Å². The van der Waals surface area contributed by atoms with E-state index in [2.05, 4.69) is 0 Å². The van der Waals surface area contributed by atoms with Crippen LogP contribution in [0, 0.1) is 5.82 Å². The van der Waals surface area contributed by atoms with Crippen molar-refractivity contribution >= 4 is 17.5 Å². The first-order valence-electron chi connectivity index (χ1n) is 6.56. The molecule has 108 valence electrons. The second-order valence-electron chi connectivity index (χ2n) is 4.89. The molecule has 3 nitrogen and oxygen atoms in total. The average molecular weight is 306 g/mol. The van der Waals surface area contributed by atoms with E-state index in [4.69, 9.17) is 16.3 Å². The molecule has 3 rings (SSSR count). The molecule has 1 heterocycles. The summed E-state index contributed by atoms with van der Waals surface area (Å²) in [6.45, 7) is 0.840. The topological polar surface area (TPSA) is 29.5 Å². The highest BCUT2D eigenvalue weighted by Crippen LogP contribution is 2.24. The summed E-state index contributed by atoms with van der Waals surface area (Å²) >= 11 is 5.78. The van der Waals surface area contributed by atoms with Gasteiger partial charge in [-0.15, -0.1) is 0 Å². The van der Waals surface area contributed by atoms with Gasteiger partial charge in [-0.25, -0.2) is 4.39 Å². The lowest BCUT2D eigenvalue weighted by molar-refractivity contribution is -0.133. The number of hydrogen-bond donors (Lipinski definition) is 0. The minimum Gasteiger partial charge on any atom is -0.483 e. The largest absolute Gasteiger partial charge is 0.483 e. The van der Waals surface area contributed by atoms with Crippen LogP contribution in [0.5, 0.6) is 5.75 Å². The van der Waals surface area contributed by atoms with E-state index in [1.165, 1.54) is 6.07 Å². The molecule has 0 unspecified atom stereocenters. The number of para-hydroxylation sites is 1. The number of halogens is 2. The van der Waals surface area contributed by atoms with Crippen LogP contribution in [0.1, 0.15) is 11.1 Å². The Morgan fingerprint density at radius 3 is 2.86 bits per heavy atom. The Kier molecular flexibility index (Phi) is 3.80. The predicted molar refractivity (Wildman–Crippen MR) is 77.6 cm³/mol. The first-order chi connectivity index (χ1) is 10.1. The molecule has 0 N–H and O–H groups in total. The van der Waals surface area contributed by atoms with Crippen LogP contribution in [0.4, 0.5) is 4.39 Å². The van der Waals surface area contributed by atoms with Crippen LogP contribution in [-0.2, 0) is 17.9 Å². The first kappa shape index (κ1) is 13.9. The molecule has 0 aliphatic carbocycles. The van der Waals surface area contributed by atoms with Crippen molar-refractivity contribution in [3.8, 4) is 5.75 Å². The second-order valence-corrected chi connectivity index (χ2v) is 5.30. The molecule has 0 bridgehead atoms. The lowest BCUT2D eigenvalue weighted by atomic mass is 10.1. The van der Waals surface area contributed by atoms with Gasteiger partial charge in [0, 0.05) is 18.7 Å². The molecule has 21 heavy (non-hydrogen) atoms. The third-order valence-electron chi connectivity index (χ3n) is 3.40. The number of fused-ring (bicyclic) bond motifs is 1. The number of ether oxygens (including phenoxy) is 1. The fourth-order valence-electron chi connectivity index (χ4n) is 2.30. The zero-order valence-electron chi connectivity index (χ0n) is 11.2. The van der Waals surface area contributed by atoms with Gasteiger partial charge in [-0.2, -0.15) is 0 Å². The molecule has 1 aliphatic heterocycles. The summed E-state index contributed by atoms with van der Waals surface area (Å²) in [7, 11) is 0. The van der Waals surface area contributed by atoms with Crippen molar-refractivity contribution in [3.05, 3.63) is 64.4 Å². The summed E-state index contributed by atoms with van der Waals surface area (Å²) in [4.78, 5) is 13.8. The Morgan fingerprint density at radius 1 is 1.24 bits per heavy atom. The van der Waals surface area contributed by atoms with E-state index >= 15 is 0 Å². The zero-order valence-corrected chi connectivity index (χ0v) is 11.9. The number of amides is 1. The molecule has 2 aromatic carbocycles. The summed E-state index contributed by atoms with van der Waals surface area (Å²) in [5.74, 6) is 0.161. The maximum absolute atomic E-state index is 13.2. The SMILES string of the molecule is O=C1COc2ccccc2CN1Cc1ccc(F)c(Cl)c1. The molecular formula is C16H13ClFNO2. The van der Waals surface area contributed by atoms with Crippen molar-refractivity contribution < 1.29 is 13.9 Å². The van der Waals surface area contributed by atoms with E-state index in [-0.39, 0.29) is 17.5 Å². The standard InChI is InChI=1S/C16H13ClFNO2/c17-13-7-11(5-6-14(13)18)8-19-9-12-3-1-2-4-15(12)21-10-16(19)20/h1-7H,8-10H2. The van der Waals surface area contributed by atoms with Gasteiger partial charge >= 0.3 is 0 Å². The van der Waals surface area contributed by atoms with Crippen LogP contribution in [0.3, 0.4) is 0 Å². The maximum Gasteiger partial charge on any atom is 0.261 e. The normalized spacial score (nSPS) is 14.4. The fourth-order valence-corrected chi connectivity index (χ4v) is 2.51. The quantitative estimate of drug-likeness (QED) is 0.851.